The minimum absolute atomic E-state index is 0.0509. The molecule has 0 aromatic heterocycles. The van der Waals surface area contributed by atoms with Crippen LogP contribution in [-0.2, 0) is 4.79 Å². The first-order valence-electron chi connectivity index (χ1n) is 6.00. The maximum absolute atomic E-state index is 11.6. The van der Waals surface area contributed by atoms with E-state index >= 15 is 0 Å². The second-order valence-electron chi connectivity index (χ2n) is 4.17. The van der Waals surface area contributed by atoms with Gasteiger partial charge in [-0.15, -0.1) is 0 Å². The van der Waals surface area contributed by atoms with Gasteiger partial charge >= 0.3 is 0 Å². The van der Waals surface area contributed by atoms with Crippen molar-refractivity contribution in [3.05, 3.63) is 23.8 Å². The van der Waals surface area contributed by atoms with Crippen LogP contribution < -0.4 is 16.4 Å². The van der Waals surface area contributed by atoms with Crippen LogP contribution in [0.3, 0.4) is 0 Å². The zero-order valence-electron chi connectivity index (χ0n) is 10.7. The molecule has 5 heteroatoms. The number of unbranched alkanes of at least 4 members (excludes halogenated alkanes) is 1. The van der Waals surface area contributed by atoms with Crippen molar-refractivity contribution in [2.24, 2.45) is 5.73 Å². The number of nitrogens with one attached hydrogen (secondary N) is 2. The number of thiocarbonyl (C=S) groups is 1. The van der Waals surface area contributed by atoms with Crippen molar-refractivity contribution in [1.29, 1.82) is 0 Å². The van der Waals surface area contributed by atoms with E-state index in [1.54, 1.807) is 0 Å². The largest absolute Gasteiger partial charge is 0.376 e. The van der Waals surface area contributed by atoms with Crippen molar-refractivity contribution >= 4 is 34.6 Å². The van der Waals surface area contributed by atoms with E-state index < -0.39 is 0 Å². The molecule has 4 nitrogen and oxygen atoms in total. The van der Waals surface area contributed by atoms with Crippen LogP contribution in [0.25, 0.3) is 0 Å². The summed E-state index contributed by atoms with van der Waals surface area (Å²) in [5.41, 5.74) is 8.02. The van der Waals surface area contributed by atoms with Gasteiger partial charge in [-0.2, -0.15) is 0 Å². The standard InChI is InChI=1S/C13H19N3OS/c1-3-4-5-12(17)16-11-7-6-10(8-9(11)2)15-13(14)18/h6-8H,3-5H2,1-2H3,(H,16,17)(H3,14,15,18). The van der Waals surface area contributed by atoms with E-state index in [2.05, 4.69) is 17.6 Å². The summed E-state index contributed by atoms with van der Waals surface area (Å²) < 4.78 is 0. The zero-order valence-corrected chi connectivity index (χ0v) is 11.6. The third-order valence-corrected chi connectivity index (χ3v) is 2.63. The summed E-state index contributed by atoms with van der Waals surface area (Å²) in [5, 5.41) is 5.98. The molecule has 18 heavy (non-hydrogen) atoms. The summed E-state index contributed by atoms with van der Waals surface area (Å²) in [7, 11) is 0. The van der Waals surface area contributed by atoms with Crippen LogP contribution in [0.5, 0.6) is 0 Å². The van der Waals surface area contributed by atoms with Crippen molar-refractivity contribution in [1.82, 2.24) is 0 Å². The molecule has 0 aliphatic heterocycles. The Kier molecular flexibility index (Phi) is 5.58. The Hall–Kier alpha value is -1.62. The Morgan fingerprint density at radius 2 is 2.11 bits per heavy atom. The van der Waals surface area contributed by atoms with Crippen LogP contribution in [0.15, 0.2) is 18.2 Å². The number of hydrogen-bond acceptors (Lipinski definition) is 2. The lowest BCUT2D eigenvalue weighted by atomic mass is 10.1. The van der Waals surface area contributed by atoms with Gasteiger partial charge in [-0.3, -0.25) is 4.79 Å². The molecule has 0 radical (unpaired) electrons. The molecule has 0 aliphatic carbocycles. The summed E-state index contributed by atoms with van der Waals surface area (Å²) >= 11 is 4.77. The SMILES string of the molecule is CCCCC(=O)Nc1ccc(NC(N)=S)cc1C. The maximum atomic E-state index is 11.6. The molecule has 0 atom stereocenters. The highest BCUT2D eigenvalue weighted by atomic mass is 32.1. The van der Waals surface area contributed by atoms with E-state index in [0.717, 1.165) is 29.8 Å². The Morgan fingerprint density at radius 1 is 1.39 bits per heavy atom. The molecule has 1 aromatic rings. The molecular weight excluding hydrogens is 246 g/mol. The molecule has 1 aromatic carbocycles. The molecule has 1 rings (SSSR count). The normalized spacial score (nSPS) is 9.89. The highest BCUT2D eigenvalue weighted by Gasteiger charge is 2.05. The zero-order chi connectivity index (χ0) is 13.5. The van der Waals surface area contributed by atoms with Gasteiger partial charge in [0.1, 0.15) is 0 Å². The van der Waals surface area contributed by atoms with Gasteiger partial charge in [-0.05, 0) is 49.3 Å². The van der Waals surface area contributed by atoms with E-state index in [4.69, 9.17) is 18.0 Å². The first kappa shape index (κ1) is 14.4. The third-order valence-electron chi connectivity index (χ3n) is 2.53. The predicted molar refractivity (Wildman–Crippen MR) is 79.7 cm³/mol. The monoisotopic (exact) mass is 265 g/mol. The molecule has 1 amide bonds. The molecule has 0 saturated carbocycles. The molecule has 98 valence electrons. The van der Waals surface area contributed by atoms with E-state index in [1.165, 1.54) is 0 Å². The van der Waals surface area contributed by atoms with E-state index in [1.807, 2.05) is 25.1 Å². The van der Waals surface area contributed by atoms with Gasteiger partial charge in [0, 0.05) is 17.8 Å². The minimum atomic E-state index is 0.0509. The van der Waals surface area contributed by atoms with Gasteiger partial charge in [0.15, 0.2) is 5.11 Å². The van der Waals surface area contributed by atoms with Crippen molar-refractivity contribution in [3.8, 4) is 0 Å². The summed E-state index contributed by atoms with van der Waals surface area (Å²) in [5.74, 6) is 0.0509. The summed E-state index contributed by atoms with van der Waals surface area (Å²) in [6.07, 6.45) is 2.48. The Balaban J connectivity index is 2.67. The second-order valence-corrected chi connectivity index (χ2v) is 4.61. The summed E-state index contributed by atoms with van der Waals surface area (Å²) in [6.45, 7) is 3.99. The molecule has 0 fully saturated rings. The summed E-state index contributed by atoms with van der Waals surface area (Å²) in [4.78, 5) is 11.6. The number of rotatable bonds is 5. The number of anilines is 2. The molecule has 0 unspecified atom stereocenters. The Bertz CT molecular complexity index is 446. The van der Waals surface area contributed by atoms with E-state index in [9.17, 15) is 4.79 Å². The molecule has 0 aliphatic rings. The molecule has 0 spiro atoms. The van der Waals surface area contributed by atoms with Gasteiger partial charge in [0.05, 0.1) is 0 Å². The van der Waals surface area contributed by atoms with Crippen LogP contribution in [0.4, 0.5) is 11.4 Å². The van der Waals surface area contributed by atoms with Crippen LogP contribution in [0, 0.1) is 6.92 Å². The molecule has 0 saturated heterocycles. The topological polar surface area (TPSA) is 67.2 Å². The molecule has 4 N–H and O–H groups in total. The average molecular weight is 265 g/mol. The van der Waals surface area contributed by atoms with Crippen LogP contribution in [-0.4, -0.2) is 11.0 Å². The van der Waals surface area contributed by atoms with E-state index in [-0.39, 0.29) is 11.0 Å². The number of nitrogens with two attached hydrogens (primary N) is 1. The lowest BCUT2D eigenvalue weighted by Crippen LogP contribution is -2.19. The van der Waals surface area contributed by atoms with Crippen molar-refractivity contribution in [2.45, 2.75) is 33.1 Å². The second kappa shape index (κ2) is 6.96. The number of carbonyl (C=O) groups excluding carboxylic acids is 1. The fraction of sp³-hybridized carbons (Fsp3) is 0.385. The van der Waals surface area contributed by atoms with Gasteiger partial charge in [-0.1, -0.05) is 13.3 Å². The average Bonchev–Trinajstić information content (AvgIpc) is 2.29. The van der Waals surface area contributed by atoms with Crippen LogP contribution in [0.2, 0.25) is 0 Å². The molecule has 0 bridgehead atoms. The molecular formula is C13H19N3OS. The number of aryl methyl sites for hydroxylation is 1. The highest BCUT2D eigenvalue weighted by Crippen LogP contribution is 2.20. The number of carbonyl (C=O) groups is 1. The first-order chi connectivity index (χ1) is 8.52. The van der Waals surface area contributed by atoms with Crippen molar-refractivity contribution in [3.63, 3.8) is 0 Å². The quantitative estimate of drug-likeness (QED) is 0.716. The predicted octanol–water partition coefficient (Wildman–Crippen LogP) is 2.78. The summed E-state index contributed by atoms with van der Waals surface area (Å²) in [6, 6.07) is 5.58. The number of benzene rings is 1. The Labute approximate surface area is 113 Å². The van der Waals surface area contributed by atoms with Gasteiger partial charge in [0.2, 0.25) is 5.91 Å². The van der Waals surface area contributed by atoms with Gasteiger partial charge in [0.25, 0.3) is 0 Å². The lowest BCUT2D eigenvalue weighted by Gasteiger charge is -2.10. The lowest BCUT2D eigenvalue weighted by molar-refractivity contribution is -0.116. The van der Waals surface area contributed by atoms with Gasteiger partial charge < -0.3 is 16.4 Å². The molecule has 0 heterocycles. The van der Waals surface area contributed by atoms with E-state index in [0.29, 0.717) is 6.42 Å². The maximum Gasteiger partial charge on any atom is 0.224 e. The van der Waals surface area contributed by atoms with Crippen molar-refractivity contribution < 1.29 is 4.79 Å². The highest BCUT2D eigenvalue weighted by molar-refractivity contribution is 7.80. The van der Waals surface area contributed by atoms with Crippen molar-refractivity contribution in [2.75, 3.05) is 10.6 Å². The fourth-order valence-corrected chi connectivity index (χ4v) is 1.69. The third kappa shape index (κ3) is 4.71. The van der Waals surface area contributed by atoms with Crippen LogP contribution in [0.1, 0.15) is 31.7 Å². The first-order valence-corrected chi connectivity index (χ1v) is 6.40. The number of hydrogen-bond donors (Lipinski definition) is 3. The smallest absolute Gasteiger partial charge is 0.224 e. The fourth-order valence-electron chi connectivity index (χ4n) is 1.57. The number of amides is 1. The van der Waals surface area contributed by atoms with Crippen LogP contribution >= 0.6 is 12.2 Å². The minimum Gasteiger partial charge on any atom is -0.376 e. The van der Waals surface area contributed by atoms with Gasteiger partial charge in [-0.25, -0.2) is 0 Å². The Morgan fingerprint density at radius 3 is 2.67 bits per heavy atom.